The van der Waals surface area contributed by atoms with Crippen molar-refractivity contribution < 1.29 is 4.92 Å². The highest BCUT2D eigenvalue weighted by atomic mass is 32.1. The third kappa shape index (κ3) is 2.93. The highest BCUT2D eigenvalue weighted by Gasteiger charge is 2.07. The van der Waals surface area contributed by atoms with Gasteiger partial charge in [0.15, 0.2) is 0 Å². The molecule has 5 heteroatoms. The van der Waals surface area contributed by atoms with Crippen molar-refractivity contribution in [1.82, 2.24) is 5.32 Å². The van der Waals surface area contributed by atoms with E-state index in [4.69, 9.17) is 0 Å². The molecule has 1 heterocycles. The van der Waals surface area contributed by atoms with Gasteiger partial charge in [-0.25, -0.2) is 0 Å². The van der Waals surface area contributed by atoms with Gasteiger partial charge in [0.2, 0.25) is 0 Å². The summed E-state index contributed by atoms with van der Waals surface area (Å²) in [5.41, 5.74) is 1.16. The van der Waals surface area contributed by atoms with E-state index in [2.05, 4.69) is 5.32 Å². The Morgan fingerprint density at radius 2 is 2.43 bits per heavy atom. The van der Waals surface area contributed by atoms with Crippen LogP contribution in [0.5, 0.6) is 0 Å². The standard InChI is InChI=1S/C9H12N2O2S/c1-7(6-10-2)5-8-3-4-9(14-8)11(12)13/h3-5,10H,6H2,1-2H3/b7-5+. The second kappa shape index (κ2) is 4.88. The lowest BCUT2D eigenvalue weighted by atomic mass is 10.2. The maximum absolute atomic E-state index is 10.4. The number of hydrogen-bond donors (Lipinski definition) is 1. The molecule has 0 saturated heterocycles. The van der Waals surface area contributed by atoms with E-state index in [1.807, 2.05) is 20.0 Å². The molecule has 1 rings (SSSR count). The molecule has 0 aliphatic carbocycles. The van der Waals surface area contributed by atoms with Crippen molar-refractivity contribution in [3.05, 3.63) is 32.7 Å². The van der Waals surface area contributed by atoms with E-state index < -0.39 is 0 Å². The summed E-state index contributed by atoms with van der Waals surface area (Å²) >= 11 is 1.19. The molecule has 0 spiro atoms. The normalized spacial score (nSPS) is 11.7. The van der Waals surface area contributed by atoms with Crippen molar-refractivity contribution in [2.24, 2.45) is 0 Å². The molecule has 14 heavy (non-hydrogen) atoms. The Balaban J connectivity index is 2.77. The summed E-state index contributed by atoms with van der Waals surface area (Å²) in [5.74, 6) is 0. The summed E-state index contributed by atoms with van der Waals surface area (Å²) in [7, 11) is 1.87. The molecular weight excluding hydrogens is 200 g/mol. The lowest BCUT2D eigenvalue weighted by Gasteiger charge is -1.96. The van der Waals surface area contributed by atoms with Gasteiger partial charge in [0.05, 0.1) is 4.92 Å². The molecule has 0 radical (unpaired) electrons. The Morgan fingerprint density at radius 3 is 2.93 bits per heavy atom. The minimum absolute atomic E-state index is 0.188. The van der Waals surface area contributed by atoms with E-state index in [1.165, 1.54) is 17.4 Å². The molecule has 0 saturated carbocycles. The van der Waals surface area contributed by atoms with Crippen LogP contribution in [0.2, 0.25) is 0 Å². The fourth-order valence-electron chi connectivity index (χ4n) is 1.09. The van der Waals surface area contributed by atoms with Crippen molar-refractivity contribution in [3.8, 4) is 0 Å². The molecule has 1 aromatic rings. The van der Waals surface area contributed by atoms with Crippen molar-refractivity contribution in [2.45, 2.75) is 6.92 Å². The molecule has 0 aliphatic heterocycles. The van der Waals surface area contributed by atoms with Crippen LogP contribution in [0.15, 0.2) is 17.7 Å². The summed E-state index contributed by atoms with van der Waals surface area (Å²) in [4.78, 5) is 11.0. The van der Waals surface area contributed by atoms with Gasteiger partial charge in [-0.15, -0.1) is 0 Å². The molecule has 1 aromatic heterocycles. The monoisotopic (exact) mass is 212 g/mol. The summed E-state index contributed by atoms with van der Waals surface area (Å²) in [6.07, 6.45) is 1.95. The average Bonchev–Trinajstić information content (AvgIpc) is 2.53. The maximum Gasteiger partial charge on any atom is 0.324 e. The van der Waals surface area contributed by atoms with Crippen LogP contribution in [0.25, 0.3) is 6.08 Å². The van der Waals surface area contributed by atoms with Gasteiger partial charge >= 0.3 is 5.00 Å². The van der Waals surface area contributed by atoms with Crippen LogP contribution in [0.1, 0.15) is 11.8 Å². The zero-order valence-electron chi connectivity index (χ0n) is 8.11. The number of nitro groups is 1. The second-order valence-corrected chi connectivity index (χ2v) is 4.05. The first kappa shape index (κ1) is 10.9. The molecule has 76 valence electrons. The van der Waals surface area contributed by atoms with Gasteiger partial charge in [-0.2, -0.15) is 0 Å². The Bertz CT molecular complexity index is 357. The van der Waals surface area contributed by atoms with Gasteiger partial charge in [0.25, 0.3) is 0 Å². The number of rotatable bonds is 4. The molecule has 1 N–H and O–H groups in total. The van der Waals surface area contributed by atoms with Gasteiger partial charge in [0, 0.05) is 17.5 Å². The maximum atomic E-state index is 10.4. The predicted octanol–water partition coefficient (Wildman–Crippen LogP) is 2.28. The number of likely N-dealkylation sites (N-methyl/N-ethyl adjacent to an activating group) is 1. The first-order valence-corrected chi connectivity index (χ1v) is 5.01. The average molecular weight is 212 g/mol. The van der Waals surface area contributed by atoms with E-state index in [-0.39, 0.29) is 9.92 Å². The number of hydrogen-bond acceptors (Lipinski definition) is 4. The van der Waals surface area contributed by atoms with E-state index >= 15 is 0 Å². The van der Waals surface area contributed by atoms with Crippen LogP contribution in [0.4, 0.5) is 5.00 Å². The Kier molecular flexibility index (Phi) is 3.79. The van der Waals surface area contributed by atoms with Gasteiger partial charge in [0.1, 0.15) is 0 Å². The second-order valence-electron chi connectivity index (χ2n) is 2.95. The van der Waals surface area contributed by atoms with Crippen LogP contribution in [-0.2, 0) is 0 Å². The Hall–Kier alpha value is -1.20. The highest BCUT2D eigenvalue weighted by Crippen LogP contribution is 2.25. The molecule has 0 amide bonds. The van der Waals surface area contributed by atoms with E-state index in [0.717, 1.165) is 17.0 Å². The Morgan fingerprint density at radius 1 is 1.71 bits per heavy atom. The summed E-state index contributed by atoms with van der Waals surface area (Å²) in [6, 6.07) is 3.30. The first-order chi connectivity index (χ1) is 6.63. The summed E-state index contributed by atoms with van der Waals surface area (Å²) in [5, 5.41) is 13.6. The number of nitrogens with zero attached hydrogens (tertiary/aromatic N) is 1. The molecule has 0 unspecified atom stereocenters. The van der Waals surface area contributed by atoms with E-state index in [9.17, 15) is 10.1 Å². The smallest absolute Gasteiger partial charge is 0.316 e. The molecule has 4 nitrogen and oxygen atoms in total. The summed E-state index contributed by atoms with van der Waals surface area (Å²) < 4.78 is 0. The molecule has 0 bridgehead atoms. The minimum Gasteiger partial charge on any atom is -0.316 e. The van der Waals surface area contributed by atoms with Gasteiger partial charge < -0.3 is 5.32 Å². The molecule has 0 aliphatic rings. The Labute approximate surface area is 86.4 Å². The van der Waals surface area contributed by atoms with E-state index in [1.54, 1.807) is 6.07 Å². The summed E-state index contributed by atoms with van der Waals surface area (Å²) in [6.45, 7) is 2.79. The third-order valence-electron chi connectivity index (χ3n) is 1.64. The largest absolute Gasteiger partial charge is 0.324 e. The third-order valence-corrected chi connectivity index (χ3v) is 2.62. The fourth-order valence-corrected chi connectivity index (χ4v) is 1.94. The first-order valence-electron chi connectivity index (χ1n) is 4.19. The zero-order chi connectivity index (χ0) is 10.6. The van der Waals surface area contributed by atoms with Gasteiger partial charge in [-0.05, 0) is 26.1 Å². The highest BCUT2D eigenvalue weighted by molar-refractivity contribution is 7.16. The van der Waals surface area contributed by atoms with Gasteiger partial charge in [-0.1, -0.05) is 16.9 Å². The topological polar surface area (TPSA) is 55.2 Å². The minimum atomic E-state index is -0.366. The van der Waals surface area contributed by atoms with Crippen molar-refractivity contribution in [3.63, 3.8) is 0 Å². The van der Waals surface area contributed by atoms with Crippen LogP contribution >= 0.6 is 11.3 Å². The fraction of sp³-hybridized carbons (Fsp3) is 0.333. The lowest BCUT2D eigenvalue weighted by Crippen LogP contribution is -2.08. The van der Waals surface area contributed by atoms with Crippen LogP contribution in [0, 0.1) is 10.1 Å². The van der Waals surface area contributed by atoms with Gasteiger partial charge in [-0.3, -0.25) is 10.1 Å². The SMILES string of the molecule is CNC/C(C)=C/c1ccc([N+](=O)[O-])s1. The van der Waals surface area contributed by atoms with Crippen molar-refractivity contribution in [1.29, 1.82) is 0 Å². The molecule has 0 atom stereocenters. The number of thiophene rings is 1. The van der Waals surface area contributed by atoms with E-state index in [0.29, 0.717) is 0 Å². The zero-order valence-corrected chi connectivity index (χ0v) is 8.93. The molecular formula is C9H12N2O2S. The molecule has 0 fully saturated rings. The lowest BCUT2D eigenvalue weighted by molar-refractivity contribution is -0.380. The predicted molar refractivity (Wildman–Crippen MR) is 58.6 cm³/mol. The molecule has 0 aromatic carbocycles. The van der Waals surface area contributed by atoms with Crippen molar-refractivity contribution in [2.75, 3.05) is 13.6 Å². The van der Waals surface area contributed by atoms with Crippen LogP contribution < -0.4 is 5.32 Å². The quantitative estimate of drug-likeness (QED) is 0.615. The van der Waals surface area contributed by atoms with Crippen molar-refractivity contribution >= 4 is 22.4 Å². The van der Waals surface area contributed by atoms with Crippen LogP contribution in [-0.4, -0.2) is 18.5 Å². The van der Waals surface area contributed by atoms with Crippen LogP contribution in [0.3, 0.4) is 0 Å². The number of nitrogens with one attached hydrogen (secondary N) is 1.